The van der Waals surface area contributed by atoms with Crippen LogP contribution in [-0.4, -0.2) is 61.4 Å². The summed E-state index contributed by atoms with van der Waals surface area (Å²) in [5.74, 6) is -0.843. The molecule has 1 aromatic carbocycles. The molecule has 12 heteroatoms. The first-order valence-corrected chi connectivity index (χ1v) is 13.3. The molecule has 8 nitrogen and oxygen atoms in total. The standard InChI is InChI=1S/C17H17BrClN3O5S2/c1-28(24,25)17-20-8-14(19)15(21-17)16(23)22(13-5-6-29(26,27)10-13)9-11-3-2-4-12(18)7-11/h2-4,7-8,13H,5-6,9-10H2,1H3/t13-/m0/s1. The Balaban J connectivity index is 2.03. The number of amides is 1. The van der Waals surface area contributed by atoms with Crippen molar-refractivity contribution in [3.63, 3.8) is 0 Å². The maximum atomic E-state index is 13.3. The molecule has 0 radical (unpaired) electrons. The van der Waals surface area contributed by atoms with Gasteiger partial charge in [0, 0.05) is 23.3 Å². The van der Waals surface area contributed by atoms with Crippen molar-refractivity contribution in [2.75, 3.05) is 17.8 Å². The smallest absolute Gasteiger partial charge is 0.274 e. The van der Waals surface area contributed by atoms with E-state index in [9.17, 15) is 21.6 Å². The second kappa shape index (κ2) is 8.29. The van der Waals surface area contributed by atoms with E-state index in [0.717, 1.165) is 22.5 Å². The zero-order valence-electron chi connectivity index (χ0n) is 15.2. The van der Waals surface area contributed by atoms with Gasteiger partial charge in [-0.3, -0.25) is 4.79 Å². The Kier molecular flexibility index (Phi) is 6.32. The van der Waals surface area contributed by atoms with Crippen LogP contribution in [0.2, 0.25) is 5.02 Å². The number of aromatic nitrogens is 2. The molecule has 1 saturated heterocycles. The number of carbonyl (C=O) groups excluding carboxylic acids is 1. The van der Waals surface area contributed by atoms with Crippen LogP contribution in [0, 0.1) is 0 Å². The van der Waals surface area contributed by atoms with Crippen LogP contribution in [0.15, 0.2) is 40.1 Å². The number of carbonyl (C=O) groups is 1. The van der Waals surface area contributed by atoms with Gasteiger partial charge in [-0.25, -0.2) is 26.8 Å². The van der Waals surface area contributed by atoms with Gasteiger partial charge in [0.05, 0.1) is 22.7 Å². The average Bonchev–Trinajstić information content (AvgIpc) is 2.98. The largest absolute Gasteiger partial charge is 0.329 e. The molecular weight excluding hydrogens is 506 g/mol. The third kappa shape index (κ3) is 5.33. The lowest BCUT2D eigenvalue weighted by Gasteiger charge is -2.28. The van der Waals surface area contributed by atoms with Crippen molar-refractivity contribution in [2.45, 2.75) is 24.2 Å². The Labute approximate surface area is 182 Å². The molecular formula is C17H17BrClN3O5S2. The summed E-state index contributed by atoms with van der Waals surface area (Å²) in [4.78, 5) is 22.2. The van der Waals surface area contributed by atoms with Crippen LogP contribution in [0.1, 0.15) is 22.5 Å². The Morgan fingerprint density at radius 1 is 1.38 bits per heavy atom. The predicted octanol–water partition coefficient (Wildman–Crippen LogP) is 2.13. The average molecular weight is 523 g/mol. The molecule has 0 N–H and O–H groups in total. The van der Waals surface area contributed by atoms with Crippen LogP contribution in [0.3, 0.4) is 0 Å². The van der Waals surface area contributed by atoms with Crippen molar-refractivity contribution >= 4 is 53.1 Å². The molecule has 1 amide bonds. The van der Waals surface area contributed by atoms with E-state index in [2.05, 4.69) is 25.9 Å². The molecule has 0 unspecified atom stereocenters. The molecule has 0 bridgehead atoms. The van der Waals surface area contributed by atoms with Crippen molar-refractivity contribution in [2.24, 2.45) is 0 Å². The molecule has 3 rings (SSSR count). The number of benzene rings is 1. The van der Waals surface area contributed by atoms with E-state index >= 15 is 0 Å². The normalized spacial score (nSPS) is 18.5. The quantitative estimate of drug-likeness (QED) is 0.553. The molecule has 29 heavy (non-hydrogen) atoms. The monoisotopic (exact) mass is 521 g/mol. The highest BCUT2D eigenvalue weighted by molar-refractivity contribution is 9.10. The third-order valence-corrected chi connectivity index (χ3v) is 7.79. The fourth-order valence-corrected chi connectivity index (χ4v) is 5.89. The minimum atomic E-state index is -3.76. The molecule has 2 heterocycles. The van der Waals surface area contributed by atoms with Gasteiger partial charge in [0.1, 0.15) is 0 Å². The summed E-state index contributed by atoms with van der Waals surface area (Å²) in [5.41, 5.74) is 0.493. The first kappa shape index (κ1) is 22.1. The SMILES string of the molecule is CS(=O)(=O)c1ncc(Cl)c(C(=O)N(Cc2cccc(Br)c2)[C@H]2CCS(=O)(=O)C2)n1. The third-order valence-electron chi connectivity index (χ3n) is 4.41. The number of sulfone groups is 2. The molecule has 1 atom stereocenters. The molecule has 0 spiro atoms. The molecule has 2 aromatic rings. The summed E-state index contributed by atoms with van der Waals surface area (Å²) in [6.45, 7) is 0.118. The lowest BCUT2D eigenvalue weighted by Crippen LogP contribution is -2.41. The minimum absolute atomic E-state index is 0.0218. The highest BCUT2D eigenvalue weighted by Gasteiger charge is 2.36. The second-order valence-electron chi connectivity index (χ2n) is 6.74. The van der Waals surface area contributed by atoms with Gasteiger partial charge < -0.3 is 4.90 Å². The van der Waals surface area contributed by atoms with Crippen LogP contribution in [0.4, 0.5) is 0 Å². The summed E-state index contributed by atoms with van der Waals surface area (Å²) < 4.78 is 48.3. The number of hydrogen-bond donors (Lipinski definition) is 0. The number of halogens is 2. The molecule has 1 aromatic heterocycles. The lowest BCUT2D eigenvalue weighted by molar-refractivity contribution is 0.0674. The van der Waals surface area contributed by atoms with Gasteiger partial charge >= 0.3 is 0 Å². The number of hydrogen-bond acceptors (Lipinski definition) is 7. The van der Waals surface area contributed by atoms with Gasteiger partial charge in [0.2, 0.25) is 15.0 Å². The Morgan fingerprint density at radius 3 is 2.69 bits per heavy atom. The first-order valence-electron chi connectivity index (χ1n) is 8.45. The van der Waals surface area contributed by atoms with E-state index in [-0.39, 0.29) is 35.2 Å². The maximum absolute atomic E-state index is 13.3. The van der Waals surface area contributed by atoms with E-state index in [0.29, 0.717) is 0 Å². The van der Waals surface area contributed by atoms with Gasteiger partial charge in [0.15, 0.2) is 15.5 Å². The highest BCUT2D eigenvalue weighted by atomic mass is 79.9. The molecule has 156 valence electrons. The highest BCUT2D eigenvalue weighted by Crippen LogP contribution is 2.25. The predicted molar refractivity (Wildman–Crippen MR) is 111 cm³/mol. The molecule has 0 aliphatic carbocycles. The van der Waals surface area contributed by atoms with E-state index in [1.54, 1.807) is 12.1 Å². The first-order chi connectivity index (χ1) is 13.5. The molecule has 1 aliphatic rings. The zero-order valence-corrected chi connectivity index (χ0v) is 19.2. The van der Waals surface area contributed by atoms with Gasteiger partial charge in [-0.15, -0.1) is 0 Å². The van der Waals surface area contributed by atoms with Gasteiger partial charge in [-0.2, -0.15) is 0 Å². The van der Waals surface area contributed by atoms with Crippen LogP contribution in [0.25, 0.3) is 0 Å². The molecule has 1 fully saturated rings. The molecule has 0 saturated carbocycles. The summed E-state index contributed by atoms with van der Waals surface area (Å²) in [7, 11) is -7.02. The lowest BCUT2D eigenvalue weighted by atomic mass is 10.1. The number of rotatable bonds is 5. The Morgan fingerprint density at radius 2 is 2.10 bits per heavy atom. The van der Waals surface area contributed by atoms with E-state index in [4.69, 9.17) is 11.6 Å². The maximum Gasteiger partial charge on any atom is 0.274 e. The van der Waals surface area contributed by atoms with Crippen LogP contribution in [-0.2, 0) is 26.2 Å². The van der Waals surface area contributed by atoms with E-state index in [1.165, 1.54) is 4.90 Å². The van der Waals surface area contributed by atoms with Crippen LogP contribution < -0.4 is 0 Å². The van der Waals surface area contributed by atoms with Gasteiger partial charge in [-0.1, -0.05) is 39.7 Å². The van der Waals surface area contributed by atoms with Gasteiger partial charge in [-0.05, 0) is 24.1 Å². The van der Waals surface area contributed by atoms with Crippen molar-refractivity contribution in [1.29, 1.82) is 0 Å². The topological polar surface area (TPSA) is 114 Å². The number of nitrogens with zero attached hydrogens (tertiary/aromatic N) is 3. The summed E-state index contributed by atoms with van der Waals surface area (Å²) in [5, 5.41) is -0.630. The molecule has 1 aliphatic heterocycles. The summed E-state index contributed by atoms with van der Waals surface area (Å²) in [6, 6.07) is 6.67. The van der Waals surface area contributed by atoms with Gasteiger partial charge in [0.25, 0.3) is 5.91 Å². The Bertz CT molecular complexity index is 1170. The zero-order chi connectivity index (χ0) is 21.4. The summed E-state index contributed by atoms with van der Waals surface area (Å²) in [6.07, 6.45) is 2.26. The van der Waals surface area contributed by atoms with E-state index in [1.807, 2.05) is 12.1 Å². The van der Waals surface area contributed by atoms with Crippen molar-refractivity contribution in [3.8, 4) is 0 Å². The Hall–Kier alpha value is -1.56. The summed E-state index contributed by atoms with van der Waals surface area (Å²) >= 11 is 9.45. The van der Waals surface area contributed by atoms with Crippen molar-refractivity contribution in [3.05, 3.63) is 51.2 Å². The van der Waals surface area contributed by atoms with Crippen molar-refractivity contribution < 1.29 is 21.6 Å². The van der Waals surface area contributed by atoms with E-state index < -0.39 is 36.8 Å². The van der Waals surface area contributed by atoms with Crippen molar-refractivity contribution in [1.82, 2.24) is 14.9 Å². The van der Waals surface area contributed by atoms with Crippen LogP contribution >= 0.6 is 27.5 Å². The fourth-order valence-electron chi connectivity index (χ4n) is 3.04. The second-order valence-corrected chi connectivity index (χ2v) is 12.2. The van der Waals surface area contributed by atoms with Crippen LogP contribution in [0.5, 0.6) is 0 Å². The fraction of sp³-hybridized carbons (Fsp3) is 0.353. The minimum Gasteiger partial charge on any atom is -0.329 e.